The molecule has 1 aliphatic heterocycles. The minimum atomic E-state index is -0.543. The number of methoxy groups -OCH3 is 1. The lowest BCUT2D eigenvalue weighted by Gasteiger charge is -2.25. The van der Waals surface area contributed by atoms with Crippen molar-refractivity contribution in [3.05, 3.63) is 101 Å². The van der Waals surface area contributed by atoms with Gasteiger partial charge < -0.3 is 14.8 Å². The molecule has 1 N–H and O–H groups in total. The Bertz CT molecular complexity index is 1280. The van der Waals surface area contributed by atoms with Crippen molar-refractivity contribution >= 4 is 28.7 Å². The van der Waals surface area contributed by atoms with E-state index in [-0.39, 0.29) is 18.1 Å². The van der Waals surface area contributed by atoms with Crippen LogP contribution in [0.1, 0.15) is 35.8 Å². The van der Waals surface area contributed by atoms with E-state index in [1.807, 2.05) is 85.8 Å². The Morgan fingerprint density at radius 2 is 1.61 bits per heavy atom. The maximum atomic E-state index is 12.9. The fraction of sp³-hybridized carbons (Fsp3) is 0.207. The molecule has 0 unspecified atom stereocenters. The number of benzene rings is 3. The Morgan fingerprint density at radius 3 is 2.25 bits per heavy atom. The number of hydrogen-bond acceptors (Lipinski definition) is 7. The normalized spacial score (nSPS) is 15.1. The van der Waals surface area contributed by atoms with Gasteiger partial charge in [-0.05, 0) is 42.7 Å². The smallest absolute Gasteiger partial charge is 0.338 e. The molecule has 4 rings (SSSR count). The van der Waals surface area contributed by atoms with E-state index in [0.717, 1.165) is 16.7 Å². The molecule has 1 aliphatic rings. The van der Waals surface area contributed by atoms with Gasteiger partial charge in [-0.15, -0.1) is 0 Å². The van der Waals surface area contributed by atoms with Gasteiger partial charge in [0.15, 0.2) is 11.0 Å². The highest BCUT2D eigenvalue weighted by Crippen LogP contribution is 2.34. The number of nitrogens with zero attached hydrogens (tertiary/aromatic N) is 1. The molecule has 1 atom stereocenters. The van der Waals surface area contributed by atoms with Gasteiger partial charge in [-0.25, -0.2) is 9.79 Å². The van der Waals surface area contributed by atoms with Crippen LogP contribution in [0.15, 0.2) is 95.1 Å². The third-order valence-corrected chi connectivity index (χ3v) is 6.69. The van der Waals surface area contributed by atoms with Crippen LogP contribution in [-0.4, -0.2) is 36.4 Å². The monoisotopic (exact) mass is 500 g/mol. The molecule has 0 radical (unpaired) electrons. The average Bonchev–Trinajstić information content (AvgIpc) is 2.92. The van der Waals surface area contributed by atoms with Crippen LogP contribution in [-0.2, 0) is 9.53 Å². The number of carbonyl (C=O) groups excluding carboxylic acids is 2. The van der Waals surface area contributed by atoms with Crippen molar-refractivity contribution in [1.82, 2.24) is 5.32 Å². The number of rotatable bonds is 8. The van der Waals surface area contributed by atoms with Crippen LogP contribution in [0.25, 0.3) is 11.1 Å². The topological polar surface area (TPSA) is 77.0 Å². The minimum Gasteiger partial charge on any atom is -0.497 e. The molecule has 1 heterocycles. The number of nitrogens with one attached hydrogen (secondary N) is 1. The van der Waals surface area contributed by atoms with E-state index in [1.54, 1.807) is 14.0 Å². The lowest BCUT2D eigenvalue weighted by Crippen LogP contribution is -2.31. The highest BCUT2D eigenvalue weighted by Gasteiger charge is 2.30. The lowest BCUT2D eigenvalue weighted by atomic mass is 9.96. The zero-order chi connectivity index (χ0) is 25.5. The molecule has 0 spiro atoms. The predicted octanol–water partition coefficient (Wildman–Crippen LogP) is 5.82. The maximum absolute atomic E-state index is 12.9. The summed E-state index contributed by atoms with van der Waals surface area (Å²) in [5, 5.41) is 3.76. The van der Waals surface area contributed by atoms with E-state index in [9.17, 15) is 9.59 Å². The standard InChI is InChI=1S/C29H28N2O4S/c1-4-35-28(33)26-19(2)30-29(31-27(26)23-14-16-24(34-3)17-15-23)36-18-25(32)22-12-10-21(11-13-22)20-8-6-5-7-9-20/h5-17,27H,4,18H2,1-3H3,(H,30,31)/t27-/m1/s1. The Kier molecular flexibility index (Phi) is 8.23. The van der Waals surface area contributed by atoms with Crippen LogP contribution in [0.2, 0.25) is 0 Å². The van der Waals surface area contributed by atoms with Gasteiger partial charge in [-0.1, -0.05) is 78.5 Å². The summed E-state index contributed by atoms with van der Waals surface area (Å²) in [4.78, 5) is 30.4. The fourth-order valence-electron chi connectivity index (χ4n) is 3.92. The van der Waals surface area contributed by atoms with Gasteiger partial charge >= 0.3 is 5.97 Å². The van der Waals surface area contributed by atoms with Gasteiger partial charge in [0.1, 0.15) is 11.8 Å². The Labute approximate surface area is 215 Å². The van der Waals surface area contributed by atoms with Crippen LogP contribution in [0.3, 0.4) is 0 Å². The molecule has 0 amide bonds. The summed E-state index contributed by atoms with van der Waals surface area (Å²) in [5.41, 5.74) is 4.76. The number of amidine groups is 1. The maximum Gasteiger partial charge on any atom is 0.338 e. The van der Waals surface area contributed by atoms with Crippen molar-refractivity contribution in [2.75, 3.05) is 19.5 Å². The van der Waals surface area contributed by atoms with Crippen molar-refractivity contribution in [2.24, 2.45) is 4.99 Å². The summed E-state index contributed by atoms with van der Waals surface area (Å²) in [6, 6.07) is 24.6. The van der Waals surface area contributed by atoms with Crippen LogP contribution in [0.5, 0.6) is 5.75 Å². The van der Waals surface area contributed by atoms with Gasteiger partial charge in [-0.2, -0.15) is 0 Å². The second-order valence-corrected chi connectivity index (χ2v) is 9.11. The zero-order valence-corrected chi connectivity index (χ0v) is 21.3. The van der Waals surface area contributed by atoms with Crippen molar-refractivity contribution in [3.8, 4) is 16.9 Å². The number of allylic oxidation sites excluding steroid dienone is 1. The molecule has 0 saturated carbocycles. The van der Waals surface area contributed by atoms with Gasteiger partial charge in [0.2, 0.25) is 0 Å². The van der Waals surface area contributed by atoms with Crippen LogP contribution in [0, 0.1) is 0 Å². The number of esters is 1. The molecule has 3 aromatic rings. The first-order valence-corrected chi connectivity index (χ1v) is 12.7. The quantitative estimate of drug-likeness (QED) is 0.310. The average molecular weight is 501 g/mol. The Balaban J connectivity index is 1.50. The number of ether oxygens (including phenoxy) is 2. The second-order valence-electron chi connectivity index (χ2n) is 8.15. The Hall–Kier alpha value is -3.84. The Morgan fingerprint density at radius 1 is 0.944 bits per heavy atom. The summed E-state index contributed by atoms with van der Waals surface area (Å²) < 4.78 is 10.5. The first kappa shape index (κ1) is 25.3. The number of hydrogen-bond donors (Lipinski definition) is 1. The molecule has 0 saturated heterocycles. The summed E-state index contributed by atoms with van der Waals surface area (Å²) >= 11 is 1.32. The molecule has 0 fully saturated rings. The van der Waals surface area contributed by atoms with Crippen LogP contribution >= 0.6 is 11.8 Å². The molecular formula is C29H28N2O4S. The fourth-order valence-corrected chi connectivity index (χ4v) is 4.76. The van der Waals surface area contributed by atoms with Crippen LogP contribution < -0.4 is 10.1 Å². The summed E-state index contributed by atoms with van der Waals surface area (Å²) in [6.45, 7) is 3.87. The zero-order valence-electron chi connectivity index (χ0n) is 20.5. The molecule has 6 nitrogen and oxygen atoms in total. The van der Waals surface area contributed by atoms with Gasteiger partial charge in [0, 0.05) is 11.3 Å². The molecule has 7 heteroatoms. The van der Waals surface area contributed by atoms with E-state index in [4.69, 9.17) is 14.5 Å². The van der Waals surface area contributed by atoms with Crippen molar-refractivity contribution in [2.45, 2.75) is 19.9 Å². The third kappa shape index (κ3) is 5.86. The van der Waals surface area contributed by atoms with E-state index in [1.165, 1.54) is 11.8 Å². The lowest BCUT2D eigenvalue weighted by molar-refractivity contribution is -0.138. The molecule has 184 valence electrons. The number of thioether (sulfide) groups is 1. The third-order valence-electron chi connectivity index (χ3n) is 5.80. The van der Waals surface area contributed by atoms with E-state index in [0.29, 0.717) is 27.8 Å². The molecule has 0 aliphatic carbocycles. The molecule has 36 heavy (non-hydrogen) atoms. The highest BCUT2D eigenvalue weighted by atomic mass is 32.2. The largest absolute Gasteiger partial charge is 0.497 e. The van der Waals surface area contributed by atoms with Gasteiger partial charge in [-0.3, -0.25) is 4.79 Å². The number of carbonyl (C=O) groups is 2. The summed E-state index contributed by atoms with van der Waals surface area (Å²) in [7, 11) is 1.60. The van der Waals surface area contributed by atoms with Gasteiger partial charge in [0.25, 0.3) is 0 Å². The molecular weight excluding hydrogens is 472 g/mol. The van der Waals surface area contributed by atoms with Crippen molar-refractivity contribution in [1.29, 1.82) is 0 Å². The van der Waals surface area contributed by atoms with E-state index >= 15 is 0 Å². The van der Waals surface area contributed by atoms with E-state index < -0.39 is 12.0 Å². The minimum absolute atomic E-state index is 0.00271. The highest BCUT2D eigenvalue weighted by molar-refractivity contribution is 8.14. The number of aliphatic imine (C=N–C) groups is 1. The van der Waals surface area contributed by atoms with Gasteiger partial charge in [0.05, 0.1) is 25.0 Å². The van der Waals surface area contributed by atoms with E-state index in [2.05, 4.69) is 5.32 Å². The predicted molar refractivity (Wildman–Crippen MR) is 144 cm³/mol. The molecule has 0 bridgehead atoms. The first-order valence-electron chi connectivity index (χ1n) is 11.7. The van der Waals surface area contributed by atoms with Crippen molar-refractivity contribution in [3.63, 3.8) is 0 Å². The second kappa shape index (κ2) is 11.7. The summed E-state index contributed by atoms with van der Waals surface area (Å²) in [5.74, 6) is 0.524. The van der Waals surface area contributed by atoms with Crippen molar-refractivity contribution < 1.29 is 19.1 Å². The molecule has 0 aromatic heterocycles. The molecule has 3 aromatic carbocycles. The first-order chi connectivity index (χ1) is 17.5. The number of ketones is 1. The SMILES string of the molecule is CCOC(=O)C1=C(C)NC(SCC(=O)c2ccc(-c3ccccc3)cc2)=N[C@@H]1c1ccc(OC)cc1. The van der Waals surface area contributed by atoms with Crippen LogP contribution in [0.4, 0.5) is 0 Å². The number of Topliss-reactive ketones (excluding diaryl/α,β-unsaturated/α-hetero) is 1. The summed E-state index contributed by atoms with van der Waals surface area (Å²) in [6.07, 6.45) is 0.